The number of fused-ring (bicyclic) bond motifs is 1. The van der Waals surface area contributed by atoms with Gasteiger partial charge in [-0.05, 0) is 87.3 Å². The van der Waals surface area contributed by atoms with Gasteiger partial charge in [0, 0.05) is 24.1 Å². The number of pyridine rings is 1. The van der Waals surface area contributed by atoms with Crippen LogP contribution in [0.4, 0.5) is 4.39 Å². The van der Waals surface area contributed by atoms with Crippen LogP contribution in [-0.4, -0.2) is 26.7 Å². The third-order valence-corrected chi connectivity index (χ3v) is 7.09. The number of aliphatic hydroxyl groups is 1. The van der Waals surface area contributed by atoms with Gasteiger partial charge >= 0.3 is 0 Å². The van der Waals surface area contributed by atoms with E-state index in [0.717, 1.165) is 46.8 Å². The van der Waals surface area contributed by atoms with E-state index in [1.165, 1.54) is 18.9 Å². The number of carbonyl (C=O) groups is 1. The van der Waals surface area contributed by atoms with Crippen LogP contribution in [-0.2, 0) is 18.4 Å². The first-order chi connectivity index (χ1) is 17.8. The number of nitrogens with zero attached hydrogens (tertiary/aromatic N) is 2. The number of aryl methyl sites for hydroxylation is 1. The molecule has 1 N–H and O–H groups in total. The first-order valence-corrected chi connectivity index (χ1v) is 13.0. The number of hydrogen-bond donors (Lipinski definition) is 1. The van der Waals surface area contributed by atoms with E-state index in [1.54, 1.807) is 24.6 Å². The summed E-state index contributed by atoms with van der Waals surface area (Å²) in [6.07, 6.45) is 8.40. The Morgan fingerprint density at radius 3 is 2.54 bits per heavy atom. The standard InChI is InChI=1S/C31H33FN2O3/c1-31(2,36)30-27(17-21-8-4-3-5-9-21)26-14-13-25(37-24-10-6-7-11-24)18-28(26)34(30)29(35)15-12-22-16-23(32)20-33-19-22/h3-5,8-9,13-14,16,18-20,24,36H,6-7,10-12,15,17H2,1-2H3. The Labute approximate surface area is 216 Å². The highest BCUT2D eigenvalue weighted by Crippen LogP contribution is 2.37. The van der Waals surface area contributed by atoms with Gasteiger partial charge < -0.3 is 9.84 Å². The first kappa shape index (κ1) is 25.2. The van der Waals surface area contributed by atoms with Crippen molar-refractivity contribution in [3.63, 3.8) is 0 Å². The topological polar surface area (TPSA) is 64.3 Å². The molecule has 1 fully saturated rings. The summed E-state index contributed by atoms with van der Waals surface area (Å²) in [5, 5.41) is 12.3. The van der Waals surface area contributed by atoms with Crippen molar-refractivity contribution in [2.45, 2.75) is 70.5 Å². The molecule has 2 aromatic carbocycles. The molecule has 6 heteroatoms. The largest absolute Gasteiger partial charge is 0.490 e. The van der Waals surface area contributed by atoms with Crippen molar-refractivity contribution in [1.29, 1.82) is 0 Å². The monoisotopic (exact) mass is 500 g/mol. The average Bonchev–Trinajstić information content (AvgIpc) is 3.49. The van der Waals surface area contributed by atoms with Crippen LogP contribution >= 0.6 is 0 Å². The molecule has 5 rings (SSSR count). The molecule has 0 bridgehead atoms. The Kier molecular flexibility index (Phi) is 7.11. The highest BCUT2D eigenvalue weighted by atomic mass is 19.1. The third-order valence-electron chi connectivity index (χ3n) is 7.09. The molecular formula is C31H33FN2O3. The minimum absolute atomic E-state index is 0.149. The lowest BCUT2D eigenvalue weighted by atomic mass is 9.94. The molecule has 5 nitrogen and oxygen atoms in total. The maximum absolute atomic E-state index is 13.8. The number of halogens is 1. The van der Waals surface area contributed by atoms with Crippen LogP contribution < -0.4 is 4.74 Å². The van der Waals surface area contributed by atoms with E-state index in [2.05, 4.69) is 4.98 Å². The molecule has 2 aromatic heterocycles. The van der Waals surface area contributed by atoms with Crippen molar-refractivity contribution in [3.8, 4) is 5.75 Å². The molecule has 0 saturated heterocycles. The lowest BCUT2D eigenvalue weighted by Crippen LogP contribution is -2.26. The van der Waals surface area contributed by atoms with Crippen LogP contribution in [0.15, 0.2) is 67.0 Å². The molecule has 0 radical (unpaired) electrons. The zero-order valence-electron chi connectivity index (χ0n) is 21.4. The Hall–Kier alpha value is -3.51. The maximum Gasteiger partial charge on any atom is 0.231 e. The second kappa shape index (κ2) is 10.5. The highest BCUT2D eigenvalue weighted by molar-refractivity contribution is 5.97. The summed E-state index contributed by atoms with van der Waals surface area (Å²) in [6, 6.07) is 17.4. The molecule has 0 unspecified atom stereocenters. The smallest absolute Gasteiger partial charge is 0.231 e. The van der Waals surface area contributed by atoms with Gasteiger partial charge in [-0.25, -0.2) is 4.39 Å². The van der Waals surface area contributed by atoms with Crippen molar-refractivity contribution < 1.29 is 19.0 Å². The number of hydrogen-bond acceptors (Lipinski definition) is 4. The van der Waals surface area contributed by atoms with Crippen LogP contribution in [0.25, 0.3) is 10.9 Å². The molecule has 0 atom stereocenters. The van der Waals surface area contributed by atoms with E-state index in [4.69, 9.17) is 4.74 Å². The number of benzene rings is 2. The van der Waals surface area contributed by atoms with E-state index < -0.39 is 11.4 Å². The fourth-order valence-corrected chi connectivity index (χ4v) is 5.44. The zero-order valence-corrected chi connectivity index (χ0v) is 21.4. The summed E-state index contributed by atoms with van der Waals surface area (Å²) < 4.78 is 21.6. The van der Waals surface area contributed by atoms with Crippen LogP contribution in [0, 0.1) is 5.82 Å². The summed E-state index contributed by atoms with van der Waals surface area (Å²) in [6.45, 7) is 3.43. The van der Waals surface area contributed by atoms with Gasteiger partial charge in [0.25, 0.3) is 0 Å². The molecule has 1 aliphatic carbocycles. The highest BCUT2D eigenvalue weighted by Gasteiger charge is 2.31. The maximum atomic E-state index is 13.8. The molecule has 0 spiro atoms. The molecule has 1 saturated carbocycles. The van der Waals surface area contributed by atoms with Gasteiger partial charge in [0.05, 0.1) is 29.1 Å². The molecule has 0 amide bonds. The second-order valence-corrected chi connectivity index (χ2v) is 10.5. The summed E-state index contributed by atoms with van der Waals surface area (Å²) in [5.41, 5.74) is 2.70. The minimum Gasteiger partial charge on any atom is -0.490 e. The summed E-state index contributed by atoms with van der Waals surface area (Å²) >= 11 is 0. The molecule has 4 aromatic rings. The lowest BCUT2D eigenvalue weighted by Gasteiger charge is -2.22. The van der Waals surface area contributed by atoms with E-state index in [9.17, 15) is 14.3 Å². The van der Waals surface area contributed by atoms with Crippen LogP contribution in [0.1, 0.15) is 73.1 Å². The van der Waals surface area contributed by atoms with Gasteiger partial charge in [-0.15, -0.1) is 0 Å². The van der Waals surface area contributed by atoms with Gasteiger partial charge in [-0.2, -0.15) is 0 Å². The van der Waals surface area contributed by atoms with E-state index in [-0.39, 0.29) is 18.4 Å². The van der Waals surface area contributed by atoms with Crippen molar-refractivity contribution >= 4 is 16.8 Å². The normalized spacial score (nSPS) is 14.4. The van der Waals surface area contributed by atoms with Crippen molar-refractivity contribution in [1.82, 2.24) is 9.55 Å². The average molecular weight is 501 g/mol. The van der Waals surface area contributed by atoms with Crippen molar-refractivity contribution in [3.05, 3.63) is 95.2 Å². The van der Waals surface area contributed by atoms with Crippen molar-refractivity contribution in [2.75, 3.05) is 0 Å². The van der Waals surface area contributed by atoms with Gasteiger partial charge in [-0.3, -0.25) is 14.3 Å². The molecule has 0 aliphatic heterocycles. The molecule has 37 heavy (non-hydrogen) atoms. The van der Waals surface area contributed by atoms with Gasteiger partial charge in [0.1, 0.15) is 11.6 Å². The molecule has 1 aliphatic rings. The van der Waals surface area contributed by atoms with Crippen LogP contribution in [0.3, 0.4) is 0 Å². The zero-order chi connectivity index (χ0) is 26.0. The predicted molar refractivity (Wildman–Crippen MR) is 142 cm³/mol. The Bertz CT molecular complexity index is 1400. The summed E-state index contributed by atoms with van der Waals surface area (Å²) in [7, 11) is 0. The number of carbonyl (C=O) groups excluding carboxylic acids is 1. The number of ether oxygens (including phenoxy) is 1. The third kappa shape index (κ3) is 5.59. The SMILES string of the molecule is CC(C)(O)c1c(Cc2ccccc2)c2ccc(OC3CCCC3)cc2n1C(=O)CCc1cncc(F)c1. The van der Waals surface area contributed by atoms with Crippen LogP contribution in [0.5, 0.6) is 5.75 Å². The van der Waals surface area contributed by atoms with E-state index in [0.29, 0.717) is 24.1 Å². The molecular weight excluding hydrogens is 467 g/mol. The molecule has 192 valence electrons. The summed E-state index contributed by atoms with van der Waals surface area (Å²) in [5.74, 6) is 0.143. The Morgan fingerprint density at radius 1 is 1.08 bits per heavy atom. The number of rotatable bonds is 8. The van der Waals surface area contributed by atoms with Gasteiger partial charge in [-0.1, -0.05) is 30.3 Å². The molecule has 2 heterocycles. The number of aromatic nitrogens is 2. The quantitative estimate of drug-likeness (QED) is 0.297. The summed E-state index contributed by atoms with van der Waals surface area (Å²) in [4.78, 5) is 17.7. The van der Waals surface area contributed by atoms with E-state index >= 15 is 0 Å². The van der Waals surface area contributed by atoms with Crippen molar-refractivity contribution in [2.24, 2.45) is 0 Å². The predicted octanol–water partition coefficient (Wildman–Crippen LogP) is 6.59. The van der Waals surface area contributed by atoms with Gasteiger partial charge in [0.2, 0.25) is 5.91 Å². The Morgan fingerprint density at radius 2 is 1.84 bits per heavy atom. The Balaban J connectivity index is 1.60. The fourth-order valence-electron chi connectivity index (χ4n) is 5.44. The lowest BCUT2D eigenvalue weighted by molar-refractivity contribution is 0.0641. The minimum atomic E-state index is -1.27. The second-order valence-electron chi connectivity index (χ2n) is 10.5. The fraction of sp³-hybridized carbons (Fsp3) is 0.355. The van der Waals surface area contributed by atoms with Crippen LogP contribution in [0.2, 0.25) is 0 Å². The van der Waals surface area contributed by atoms with E-state index in [1.807, 2.05) is 48.5 Å². The first-order valence-electron chi connectivity index (χ1n) is 13.0. The van der Waals surface area contributed by atoms with Gasteiger partial charge in [0.15, 0.2) is 0 Å².